The number of hydrogen-bond acceptors (Lipinski definition) is 4. The zero-order chi connectivity index (χ0) is 17.0. The van der Waals surface area contributed by atoms with Crippen LogP contribution in [0.4, 0.5) is 5.69 Å². The fourth-order valence-corrected chi connectivity index (χ4v) is 2.60. The molecule has 1 aromatic rings. The number of rotatable bonds is 6. The first-order chi connectivity index (χ1) is 11.0. The lowest BCUT2D eigenvalue weighted by molar-refractivity contribution is -0.133. The predicted molar refractivity (Wildman–Crippen MR) is 85.9 cm³/mol. The van der Waals surface area contributed by atoms with E-state index in [2.05, 4.69) is 10.1 Å². The van der Waals surface area contributed by atoms with Crippen molar-refractivity contribution in [2.75, 3.05) is 25.5 Å². The summed E-state index contributed by atoms with van der Waals surface area (Å²) in [5.41, 5.74) is 0.899. The lowest BCUT2D eigenvalue weighted by Gasteiger charge is -2.18. The van der Waals surface area contributed by atoms with Gasteiger partial charge in [0.05, 0.1) is 24.5 Å². The van der Waals surface area contributed by atoms with Crippen molar-refractivity contribution in [3.05, 3.63) is 29.8 Å². The van der Waals surface area contributed by atoms with Gasteiger partial charge < -0.3 is 15.0 Å². The Labute approximate surface area is 135 Å². The maximum Gasteiger partial charge on any atom is 0.337 e. The molecule has 23 heavy (non-hydrogen) atoms. The Kier molecular flexibility index (Phi) is 5.36. The molecule has 0 heterocycles. The Morgan fingerprint density at radius 1 is 1.22 bits per heavy atom. The first-order valence-corrected chi connectivity index (χ1v) is 7.79. The molecule has 1 aromatic carbocycles. The molecule has 124 valence electrons. The van der Waals surface area contributed by atoms with Gasteiger partial charge >= 0.3 is 5.97 Å². The largest absolute Gasteiger partial charge is 0.465 e. The Bertz CT molecular complexity index is 610. The smallest absolute Gasteiger partial charge is 0.337 e. The number of esters is 1. The average Bonchev–Trinajstić information content (AvgIpc) is 3.36. The highest BCUT2D eigenvalue weighted by molar-refractivity contribution is 6.00. The summed E-state index contributed by atoms with van der Waals surface area (Å²) in [7, 11) is 1.31. The van der Waals surface area contributed by atoms with E-state index in [9.17, 15) is 14.4 Å². The highest BCUT2D eigenvalue weighted by Gasteiger charge is 2.49. The molecule has 0 aliphatic heterocycles. The number of carbonyl (C=O) groups excluding carboxylic acids is 3. The summed E-state index contributed by atoms with van der Waals surface area (Å²) < 4.78 is 4.65. The minimum Gasteiger partial charge on any atom is -0.465 e. The summed E-state index contributed by atoms with van der Waals surface area (Å²) >= 11 is 0. The van der Waals surface area contributed by atoms with E-state index in [4.69, 9.17) is 0 Å². The number of carbonyl (C=O) groups is 3. The second kappa shape index (κ2) is 7.26. The van der Waals surface area contributed by atoms with Gasteiger partial charge in [-0.15, -0.1) is 0 Å². The van der Waals surface area contributed by atoms with Crippen LogP contribution < -0.4 is 5.32 Å². The van der Waals surface area contributed by atoms with Gasteiger partial charge in [0.2, 0.25) is 11.8 Å². The Morgan fingerprint density at radius 3 is 2.52 bits per heavy atom. The van der Waals surface area contributed by atoms with E-state index in [1.165, 1.54) is 7.11 Å². The molecule has 0 radical (unpaired) electrons. The first kappa shape index (κ1) is 17.0. The van der Waals surface area contributed by atoms with E-state index in [1.807, 2.05) is 13.8 Å². The van der Waals surface area contributed by atoms with Gasteiger partial charge in [0.15, 0.2) is 0 Å². The molecular weight excluding hydrogens is 296 g/mol. The number of nitrogens with zero attached hydrogens (tertiary/aromatic N) is 1. The SMILES string of the molecule is CCN(CC)C(=O)C1CC1C(=O)Nc1cccc(C(=O)OC)c1. The summed E-state index contributed by atoms with van der Waals surface area (Å²) in [6.07, 6.45) is 0.581. The van der Waals surface area contributed by atoms with E-state index in [1.54, 1.807) is 29.2 Å². The van der Waals surface area contributed by atoms with Crippen LogP contribution in [-0.4, -0.2) is 42.9 Å². The van der Waals surface area contributed by atoms with Gasteiger partial charge in [-0.3, -0.25) is 9.59 Å². The van der Waals surface area contributed by atoms with Crippen LogP contribution in [0, 0.1) is 11.8 Å². The van der Waals surface area contributed by atoms with Crippen LogP contribution in [0.5, 0.6) is 0 Å². The van der Waals surface area contributed by atoms with Gasteiger partial charge in [0.1, 0.15) is 0 Å². The zero-order valence-electron chi connectivity index (χ0n) is 13.7. The summed E-state index contributed by atoms with van der Waals surface area (Å²) in [4.78, 5) is 37.7. The van der Waals surface area contributed by atoms with Crippen molar-refractivity contribution in [3.63, 3.8) is 0 Å². The fourth-order valence-electron chi connectivity index (χ4n) is 2.60. The molecule has 1 saturated carbocycles. The minimum atomic E-state index is -0.456. The van der Waals surface area contributed by atoms with Crippen molar-refractivity contribution >= 4 is 23.5 Å². The van der Waals surface area contributed by atoms with Crippen LogP contribution in [0.25, 0.3) is 0 Å². The topological polar surface area (TPSA) is 75.7 Å². The molecule has 0 aromatic heterocycles. The Morgan fingerprint density at radius 2 is 1.91 bits per heavy atom. The quantitative estimate of drug-likeness (QED) is 0.813. The number of nitrogens with one attached hydrogen (secondary N) is 1. The molecule has 0 saturated heterocycles. The monoisotopic (exact) mass is 318 g/mol. The third-order valence-corrected chi connectivity index (χ3v) is 4.07. The predicted octanol–water partition coefficient (Wildman–Crippen LogP) is 1.92. The van der Waals surface area contributed by atoms with Crippen LogP contribution in [0.1, 0.15) is 30.6 Å². The molecule has 0 bridgehead atoms. The first-order valence-electron chi connectivity index (χ1n) is 7.79. The van der Waals surface area contributed by atoms with Crippen molar-refractivity contribution in [2.45, 2.75) is 20.3 Å². The Hall–Kier alpha value is -2.37. The van der Waals surface area contributed by atoms with E-state index in [0.717, 1.165) is 0 Å². The summed E-state index contributed by atoms with van der Waals surface area (Å²) in [6, 6.07) is 6.56. The molecule has 6 nitrogen and oxygen atoms in total. The number of anilines is 1. The highest BCUT2D eigenvalue weighted by Crippen LogP contribution is 2.40. The standard InChI is InChI=1S/C17H22N2O4/c1-4-19(5-2)16(21)14-10-13(14)15(20)18-12-8-6-7-11(9-12)17(22)23-3/h6-9,13-14H,4-5,10H2,1-3H3,(H,18,20). The van der Waals surface area contributed by atoms with Crippen molar-refractivity contribution < 1.29 is 19.1 Å². The maximum absolute atomic E-state index is 12.2. The van der Waals surface area contributed by atoms with Crippen molar-refractivity contribution in [1.82, 2.24) is 4.90 Å². The molecule has 1 fully saturated rings. The van der Waals surface area contributed by atoms with Gasteiger partial charge in [-0.25, -0.2) is 4.79 Å². The van der Waals surface area contributed by atoms with Crippen LogP contribution >= 0.6 is 0 Å². The number of ether oxygens (including phenoxy) is 1. The molecule has 2 amide bonds. The van der Waals surface area contributed by atoms with Crippen LogP contribution in [-0.2, 0) is 14.3 Å². The second-order valence-corrected chi connectivity index (χ2v) is 5.52. The van der Waals surface area contributed by atoms with Gasteiger partial charge in [0, 0.05) is 18.8 Å². The van der Waals surface area contributed by atoms with Crippen molar-refractivity contribution in [3.8, 4) is 0 Å². The number of methoxy groups -OCH3 is 1. The molecule has 1 aliphatic rings. The highest BCUT2D eigenvalue weighted by atomic mass is 16.5. The molecule has 6 heteroatoms. The number of amides is 2. The van der Waals surface area contributed by atoms with Gasteiger partial charge in [-0.1, -0.05) is 6.07 Å². The number of hydrogen-bond donors (Lipinski definition) is 1. The second-order valence-electron chi connectivity index (χ2n) is 5.52. The molecule has 2 atom stereocenters. The summed E-state index contributed by atoms with van der Waals surface area (Å²) in [5, 5.41) is 2.77. The van der Waals surface area contributed by atoms with Crippen molar-refractivity contribution in [1.29, 1.82) is 0 Å². The molecule has 1 aliphatic carbocycles. The number of benzene rings is 1. The normalized spacial score (nSPS) is 18.9. The average molecular weight is 318 g/mol. The zero-order valence-corrected chi connectivity index (χ0v) is 13.7. The molecular formula is C17H22N2O4. The van der Waals surface area contributed by atoms with Crippen LogP contribution in [0.3, 0.4) is 0 Å². The third kappa shape index (κ3) is 3.88. The van der Waals surface area contributed by atoms with Gasteiger partial charge in [-0.2, -0.15) is 0 Å². The fraction of sp³-hybridized carbons (Fsp3) is 0.471. The van der Waals surface area contributed by atoms with E-state index >= 15 is 0 Å². The lowest BCUT2D eigenvalue weighted by Crippen LogP contribution is -2.33. The van der Waals surface area contributed by atoms with Gasteiger partial charge in [-0.05, 0) is 38.5 Å². The minimum absolute atomic E-state index is 0.0402. The molecule has 0 spiro atoms. The summed E-state index contributed by atoms with van der Waals surface area (Å²) in [5.74, 6) is -1.11. The molecule has 1 N–H and O–H groups in total. The third-order valence-electron chi connectivity index (χ3n) is 4.07. The van der Waals surface area contributed by atoms with E-state index in [0.29, 0.717) is 30.8 Å². The Balaban J connectivity index is 1.96. The van der Waals surface area contributed by atoms with Crippen LogP contribution in [0.15, 0.2) is 24.3 Å². The van der Waals surface area contributed by atoms with E-state index < -0.39 is 5.97 Å². The summed E-state index contributed by atoms with van der Waals surface area (Å²) in [6.45, 7) is 5.16. The lowest BCUT2D eigenvalue weighted by atomic mass is 10.2. The van der Waals surface area contributed by atoms with Crippen LogP contribution in [0.2, 0.25) is 0 Å². The van der Waals surface area contributed by atoms with Crippen molar-refractivity contribution in [2.24, 2.45) is 11.8 Å². The maximum atomic E-state index is 12.2. The van der Waals surface area contributed by atoms with E-state index in [-0.39, 0.29) is 23.7 Å². The van der Waals surface area contributed by atoms with Gasteiger partial charge in [0.25, 0.3) is 0 Å². The molecule has 2 rings (SSSR count). The molecule has 2 unspecified atom stereocenters.